The Morgan fingerprint density at radius 2 is 1.27 bits per heavy atom. The number of ether oxygens (including phenoxy) is 2. The van der Waals surface area contributed by atoms with Gasteiger partial charge in [0.15, 0.2) is 0 Å². The highest BCUT2D eigenvalue weighted by Gasteiger charge is 2.32. The molecule has 0 radical (unpaired) electrons. The molecule has 0 amide bonds. The summed E-state index contributed by atoms with van der Waals surface area (Å²) in [6.07, 6.45) is -1.52. The van der Waals surface area contributed by atoms with Crippen LogP contribution in [0.2, 0.25) is 0 Å². The zero-order valence-corrected chi connectivity index (χ0v) is 15.2. The topological polar surface area (TPSA) is 18.5 Å². The summed E-state index contributed by atoms with van der Waals surface area (Å²) in [7, 11) is 0. The Bertz CT molecular complexity index is 291. The van der Waals surface area contributed by atoms with E-state index >= 15 is 0 Å². The van der Waals surface area contributed by atoms with E-state index in [4.69, 9.17) is 9.47 Å². The molecule has 5 heteroatoms. The molecule has 0 aliphatic carbocycles. The predicted octanol–water partition coefficient (Wildman–Crippen LogP) is 5.60. The first kappa shape index (κ1) is 21.7. The van der Waals surface area contributed by atoms with Crippen molar-refractivity contribution in [3.05, 3.63) is 0 Å². The summed E-state index contributed by atoms with van der Waals surface area (Å²) in [6.45, 7) is 13.5. The Kier molecular flexibility index (Phi) is 7.90. The summed E-state index contributed by atoms with van der Waals surface area (Å²) in [4.78, 5) is 0. The van der Waals surface area contributed by atoms with E-state index in [1.165, 1.54) is 0 Å². The van der Waals surface area contributed by atoms with E-state index in [0.717, 1.165) is 19.3 Å². The van der Waals surface area contributed by atoms with Crippen LogP contribution < -0.4 is 0 Å². The van der Waals surface area contributed by atoms with Crippen LogP contribution in [0.4, 0.5) is 13.2 Å². The van der Waals surface area contributed by atoms with Crippen LogP contribution in [0.5, 0.6) is 0 Å². The van der Waals surface area contributed by atoms with E-state index in [0.29, 0.717) is 6.61 Å². The Balaban J connectivity index is 4.53. The molecule has 0 rings (SSSR count). The van der Waals surface area contributed by atoms with Crippen molar-refractivity contribution in [2.75, 3.05) is 19.8 Å². The fourth-order valence-corrected chi connectivity index (χ4v) is 2.04. The van der Waals surface area contributed by atoms with Crippen LogP contribution in [-0.2, 0) is 9.47 Å². The van der Waals surface area contributed by atoms with Gasteiger partial charge in [0.1, 0.15) is 6.61 Å². The molecule has 0 bridgehead atoms. The van der Waals surface area contributed by atoms with Crippen molar-refractivity contribution < 1.29 is 22.6 Å². The quantitative estimate of drug-likeness (QED) is 0.578. The molecule has 0 aromatic heterocycles. The summed E-state index contributed by atoms with van der Waals surface area (Å²) in [5, 5.41) is 0. The zero-order chi connectivity index (χ0) is 17.7. The van der Waals surface area contributed by atoms with Gasteiger partial charge in [-0.1, -0.05) is 34.1 Å². The molecule has 134 valence electrons. The third-order valence-electron chi connectivity index (χ3n) is 3.28. The minimum Gasteiger partial charge on any atom is -0.375 e. The van der Waals surface area contributed by atoms with Crippen LogP contribution in [0, 0.1) is 10.8 Å². The summed E-state index contributed by atoms with van der Waals surface area (Å²) in [5.74, 6) is 0. The first-order chi connectivity index (χ1) is 9.62. The van der Waals surface area contributed by atoms with E-state index in [1.807, 2.05) is 27.7 Å². The first-order valence-corrected chi connectivity index (χ1v) is 7.90. The van der Waals surface area contributed by atoms with E-state index in [1.54, 1.807) is 0 Å². The van der Waals surface area contributed by atoms with Crippen molar-refractivity contribution in [1.82, 2.24) is 0 Å². The van der Waals surface area contributed by atoms with Gasteiger partial charge >= 0.3 is 6.18 Å². The molecule has 1 atom stereocenters. The highest BCUT2D eigenvalue weighted by atomic mass is 19.4. The normalized spacial score (nSPS) is 16.6. The Hall–Kier alpha value is -0.290. The third kappa shape index (κ3) is 13.4. The number of rotatable bonds is 8. The number of halogens is 3. The molecular weight excluding hydrogens is 293 g/mol. The second-order valence-electron chi connectivity index (χ2n) is 8.73. The standard InChI is InChI=1S/C17H33F3O2/c1-14(2,3)9-8-10-16(7,12-22-15(4,5)6)11-21-13-17(18,19)20/h8-13H2,1-7H3. The average molecular weight is 326 g/mol. The van der Waals surface area contributed by atoms with Gasteiger partial charge in [0.2, 0.25) is 0 Å². The maximum absolute atomic E-state index is 12.3. The summed E-state index contributed by atoms with van der Waals surface area (Å²) < 4.78 is 47.5. The fourth-order valence-electron chi connectivity index (χ4n) is 2.04. The molecule has 0 saturated carbocycles. The highest BCUT2D eigenvalue weighted by Crippen LogP contribution is 2.31. The lowest BCUT2D eigenvalue weighted by Crippen LogP contribution is -2.35. The number of alkyl halides is 3. The number of hydrogen-bond donors (Lipinski definition) is 0. The second kappa shape index (κ2) is 8.00. The van der Waals surface area contributed by atoms with Crippen molar-refractivity contribution in [2.45, 2.75) is 79.5 Å². The fraction of sp³-hybridized carbons (Fsp3) is 1.00. The predicted molar refractivity (Wildman–Crippen MR) is 84.0 cm³/mol. The maximum Gasteiger partial charge on any atom is 0.411 e. The molecular formula is C17H33F3O2. The van der Waals surface area contributed by atoms with Gasteiger partial charge in [-0.2, -0.15) is 13.2 Å². The largest absolute Gasteiger partial charge is 0.411 e. The lowest BCUT2D eigenvalue weighted by molar-refractivity contribution is -0.185. The molecule has 0 aromatic rings. The van der Waals surface area contributed by atoms with Gasteiger partial charge in [-0.25, -0.2) is 0 Å². The van der Waals surface area contributed by atoms with E-state index < -0.39 is 18.2 Å². The molecule has 0 saturated heterocycles. The first-order valence-electron chi connectivity index (χ1n) is 7.90. The minimum absolute atomic E-state index is 0.0622. The molecule has 0 fully saturated rings. The lowest BCUT2D eigenvalue weighted by atomic mass is 9.82. The van der Waals surface area contributed by atoms with Crippen molar-refractivity contribution >= 4 is 0 Å². The van der Waals surface area contributed by atoms with Crippen LogP contribution in [-0.4, -0.2) is 31.6 Å². The molecule has 22 heavy (non-hydrogen) atoms. The SMILES string of the molecule is CC(C)(C)CCCC(C)(COCC(F)(F)F)COC(C)(C)C. The van der Waals surface area contributed by atoms with Crippen LogP contribution in [0.25, 0.3) is 0 Å². The van der Waals surface area contributed by atoms with Gasteiger partial charge in [0.25, 0.3) is 0 Å². The van der Waals surface area contributed by atoms with Gasteiger partial charge in [-0.15, -0.1) is 0 Å². The smallest absolute Gasteiger partial charge is 0.375 e. The summed E-state index contributed by atoms with van der Waals surface area (Å²) >= 11 is 0. The van der Waals surface area contributed by atoms with E-state index in [9.17, 15) is 13.2 Å². The van der Waals surface area contributed by atoms with E-state index in [2.05, 4.69) is 20.8 Å². The second-order valence-corrected chi connectivity index (χ2v) is 8.73. The molecule has 0 N–H and O–H groups in total. The summed E-state index contributed by atoms with van der Waals surface area (Å²) in [5.41, 5.74) is -0.488. The zero-order valence-electron chi connectivity index (χ0n) is 15.2. The Morgan fingerprint density at radius 3 is 1.68 bits per heavy atom. The van der Waals surface area contributed by atoms with E-state index in [-0.39, 0.29) is 17.6 Å². The van der Waals surface area contributed by atoms with Crippen molar-refractivity contribution in [1.29, 1.82) is 0 Å². The molecule has 0 heterocycles. The Labute approximate surface area is 133 Å². The third-order valence-corrected chi connectivity index (χ3v) is 3.28. The molecule has 0 spiro atoms. The average Bonchev–Trinajstić information content (AvgIpc) is 2.22. The van der Waals surface area contributed by atoms with Crippen molar-refractivity contribution in [2.24, 2.45) is 10.8 Å². The van der Waals surface area contributed by atoms with Gasteiger partial charge < -0.3 is 9.47 Å². The van der Waals surface area contributed by atoms with Gasteiger partial charge in [0.05, 0.1) is 18.8 Å². The van der Waals surface area contributed by atoms with Crippen LogP contribution in [0.1, 0.15) is 67.7 Å². The van der Waals surface area contributed by atoms with Crippen LogP contribution in [0.15, 0.2) is 0 Å². The van der Waals surface area contributed by atoms with Crippen molar-refractivity contribution in [3.63, 3.8) is 0 Å². The highest BCUT2D eigenvalue weighted by molar-refractivity contribution is 4.77. The number of hydrogen-bond acceptors (Lipinski definition) is 2. The van der Waals surface area contributed by atoms with Gasteiger partial charge in [-0.3, -0.25) is 0 Å². The monoisotopic (exact) mass is 326 g/mol. The van der Waals surface area contributed by atoms with Crippen LogP contribution in [0.3, 0.4) is 0 Å². The summed E-state index contributed by atoms with van der Waals surface area (Å²) in [6, 6.07) is 0. The molecule has 1 unspecified atom stereocenters. The van der Waals surface area contributed by atoms with Crippen LogP contribution >= 0.6 is 0 Å². The molecule has 0 aliphatic heterocycles. The van der Waals surface area contributed by atoms with Crippen molar-refractivity contribution in [3.8, 4) is 0 Å². The van der Waals surface area contributed by atoms with Gasteiger partial charge in [0, 0.05) is 5.41 Å². The van der Waals surface area contributed by atoms with Gasteiger partial charge in [-0.05, 0) is 39.0 Å². The lowest BCUT2D eigenvalue weighted by Gasteiger charge is -2.33. The minimum atomic E-state index is -4.28. The maximum atomic E-state index is 12.3. The molecule has 2 nitrogen and oxygen atoms in total. The Morgan fingerprint density at radius 1 is 0.727 bits per heavy atom. The molecule has 0 aromatic carbocycles. The molecule has 0 aliphatic rings.